The minimum absolute atomic E-state index is 0.0120. The van der Waals surface area contributed by atoms with E-state index >= 15 is 0 Å². The Labute approximate surface area is 228 Å². The first-order valence-corrected chi connectivity index (χ1v) is 13.5. The van der Waals surface area contributed by atoms with Crippen LogP contribution in [0.15, 0.2) is 42.9 Å². The summed E-state index contributed by atoms with van der Waals surface area (Å²) in [5.41, 5.74) is 0.994. The molecule has 11 heteroatoms. The predicted octanol–water partition coefficient (Wildman–Crippen LogP) is 1.24. The summed E-state index contributed by atoms with van der Waals surface area (Å²) in [5, 5.41) is 8.69. The third kappa shape index (κ3) is 7.30. The topological polar surface area (TPSA) is 143 Å². The molecule has 208 valence electrons. The third-order valence-electron chi connectivity index (χ3n) is 7.12. The molecule has 3 atom stereocenters. The minimum atomic E-state index is -0.959. The number of carbonyl (C=O) groups excluding carboxylic acids is 4. The van der Waals surface area contributed by atoms with Crippen molar-refractivity contribution in [1.29, 1.82) is 0 Å². The van der Waals surface area contributed by atoms with E-state index in [1.807, 2.05) is 13.8 Å². The van der Waals surface area contributed by atoms with Crippen LogP contribution < -0.4 is 20.7 Å². The average Bonchev–Trinajstić information content (AvgIpc) is 3.43. The van der Waals surface area contributed by atoms with Crippen molar-refractivity contribution in [2.45, 2.75) is 64.1 Å². The van der Waals surface area contributed by atoms with Gasteiger partial charge in [0.25, 0.3) is 5.91 Å². The number of hydrogen-bond acceptors (Lipinski definition) is 7. The molecule has 0 spiro atoms. The molecule has 1 saturated heterocycles. The second kappa shape index (κ2) is 13.2. The van der Waals surface area contributed by atoms with Gasteiger partial charge < -0.3 is 25.6 Å². The van der Waals surface area contributed by atoms with Gasteiger partial charge in [-0.3, -0.25) is 29.1 Å². The lowest BCUT2D eigenvalue weighted by Crippen LogP contribution is -2.52. The number of rotatable bonds is 5. The van der Waals surface area contributed by atoms with Gasteiger partial charge in [0.15, 0.2) is 0 Å². The van der Waals surface area contributed by atoms with Gasteiger partial charge in [0.1, 0.15) is 24.4 Å². The molecule has 2 aromatic rings. The van der Waals surface area contributed by atoms with Gasteiger partial charge in [0, 0.05) is 44.5 Å². The maximum Gasteiger partial charge on any atom is 0.255 e. The van der Waals surface area contributed by atoms with Crippen LogP contribution in [-0.4, -0.2) is 76.3 Å². The number of benzene rings is 1. The average molecular weight is 537 g/mol. The van der Waals surface area contributed by atoms with Crippen LogP contribution in [0.5, 0.6) is 5.75 Å². The van der Waals surface area contributed by atoms with E-state index in [4.69, 9.17) is 4.74 Å². The largest absolute Gasteiger partial charge is 0.491 e. The van der Waals surface area contributed by atoms with Crippen LogP contribution in [0.1, 0.15) is 55.6 Å². The number of hydrogen-bond donors (Lipinski definition) is 3. The van der Waals surface area contributed by atoms with Gasteiger partial charge in [-0.1, -0.05) is 26.0 Å². The van der Waals surface area contributed by atoms with Crippen molar-refractivity contribution in [1.82, 2.24) is 30.8 Å². The molecule has 3 heterocycles. The Balaban J connectivity index is 1.55. The molecule has 0 bridgehead atoms. The van der Waals surface area contributed by atoms with E-state index in [0.717, 1.165) is 12.1 Å². The maximum absolute atomic E-state index is 13.3. The smallest absolute Gasteiger partial charge is 0.255 e. The number of aromatic nitrogens is 2. The molecule has 2 aliphatic rings. The SMILES string of the molecule is CC(C)[C@@H]1COc2ccccc2C(=O)N[C@H](C(=O)NCCc2cnccn2)CCC(=O)N2CCC[C@H]2C(=O)N1. The van der Waals surface area contributed by atoms with Crippen molar-refractivity contribution >= 4 is 23.6 Å². The Morgan fingerprint density at radius 3 is 2.74 bits per heavy atom. The number of nitrogens with zero attached hydrogens (tertiary/aromatic N) is 3. The maximum atomic E-state index is 13.3. The van der Waals surface area contributed by atoms with Gasteiger partial charge >= 0.3 is 0 Å². The Hall–Kier alpha value is -4.02. The highest BCUT2D eigenvalue weighted by atomic mass is 16.5. The molecule has 3 N–H and O–H groups in total. The van der Waals surface area contributed by atoms with Gasteiger partial charge in [-0.2, -0.15) is 0 Å². The second-order valence-corrected chi connectivity index (χ2v) is 10.2. The van der Waals surface area contributed by atoms with Crippen molar-refractivity contribution in [2.75, 3.05) is 19.7 Å². The molecule has 0 saturated carbocycles. The summed E-state index contributed by atoms with van der Waals surface area (Å²) in [6.07, 6.45) is 6.65. The summed E-state index contributed by atoms with van der Waals surface area (Å²) < 4.78 is 6.03. The fourth-order valence-corrected chi connectivity index (χ4v) is 4.79. The summed E-state index contributed by atoms with van der Waals surface area (Å²) in [4.78, 5) is 62.7. The van der Waals surface area contributed by atoms with Gasteiger partial charge in [-0.25, -0.2) is 0 Å². The molecule has 0 aliphatic carbocycles. The van der Waals surface area contributed by atoms with Crippen molar-refractivity contribution < 1.29 is 23.9 Å². The molecule has 2 aliphatic heterocycles. The Bertz CT molecular complexity index is 1170. The van der Waals surface area contributed by atoms with E-state index in [1.54, 1.807) is 47.8 Å². The van der Waals surface area contributed by atoms with Crippen molar-refractivity contribution in [3.05, 3.63) is 54.1 Å². The number of ether oxygens (including phenoxy) is 1. The van der Waals surface area contributed by atoms with Crippen LogP contribution in [0, 0.1) is 5.92 Å². The zero-order valence-corrected chi connectivity index (χ0v) is 22.4. The second-order valence-electron chi connectivity index (χ2n) is 10.2. The van der Waals surface area contributed by atoms with Gasteiger partial charge in [0.2, 0.25) is 17.7 Å². The first-order chi connectivity index (χ1) is 18.8. The predicted molar refractivity (Wildman–Crippen MR) is 143 cm³/mol. The van der Waals surface area contributed by atoms with Crippen LogP contribution in [0.4, 0.5) is 0 Å². The van der Waals surface area contributed by atoms with Crippen LogP contribution in [-0.2, 0) is 20.8 Å². The van der Waals surface area contributed by atoms with Crippen molar-refractivity contribution in [2.24, 2.45) is 5.92 Å². The monoisotopic (exact) mass is 536 g/mol. The van der Waals surface area contributed by atoms with Gasteiger partial charge in [-0.05, 0) is 37.3 Å². The Morgan fingerprint density at radius 1 is 1.15 bits per heavy atom. The first-order valence-electron chi connectivity index (χ1n) is 13.5. The van der Waals surface area contributed by atoms with Crippen LogP contribution in [0.3, 0.4) is 0 Å². The van der Waals surface area contributed by atoms with Gasteiger partial charge in [-0.15, -0.1) is 0 Å². The number of carbonyl (C=O) groups is 4. The molecule has 39 heavy (non-hydrogen) atoms. The minimum Gasteiger partial charge on any atom is -0.491 e. The number of para-hydroxylation sites is 1. The normalized spacial score (nSPS) is 22.5. The molecule has 11 nitrogen and oxygen atoms in total. The zero-order chi connectivity index (χ0) is 27.8. The summed E-state index contributed by atoms with van der Waals surface area (Å²) in [6, 6.07) is 4.94. The molecule has 1 fully saturated rings. The molecular weight excluding hydrogens is 500 g/mol. The lowest BCUT2D eigenvalue weighted by atomic mass is 10.0. The molecule has 4 amide bonds. The molecule has 1 aromatic carbocycles. The summed E-state index contributed by atoms with van der Waals surface area (Å²) >= 11 is 0. The standard InChI is InChI=1S/C28H36N6O5/c1-18(2)22-17-39-24-8-4-3-6-20(24)26(36)32-21(27(37)31-12-11-19-16-29-13-14-30-19)9-10-25(35)34-15-5-7-23(34)28(38)33-22/h3-4,6,8,13-14,16,18,21-23H,5,7,9-12,15,17H2,1-2H3,(H,31,37)(H,32,36)(H,33,38)/t21-,22-,23-/m0/s1. The fourth-order valence-electron chi connectivity index (χ4n) is 4.79. The first kappa shape index (κ1) is 28.0. The van der Waals surface area contributed by atoms with E-state index in [1.165, 1.54) is 0 Å². The Morgan fingerprint density at radius 2 is 1.97 bits per heavy atom. The lowest BCUT2D eigenvalue weighted by Gasteiger charge is -2.28. The highest BCUT2D eigenvalue weighted by molar-refractivity contribution is 5.99. The van der Waals surface area contributed by atoms with E-state index in [9.17, 15) is 19.2 Å². The molecule has 4 rings (SSSR count). The molecule has 0 unspecified atom stereocenters. The van der Waals surface area contributed by atoms with Crippen molar-refractivity contribution in [3.8, 4) is 5.75 Å². The van der Waals surface area contributed by atoms with E-state index in [2.05, 4.69) is 25.9 Å². The molecule has 1 aromatic heterocycles. The van der Waals surface area contributed by atoms with E-state index < -0.39 is 23.9 Å². The summed E-state index contributed by atoms with van der Waals surface area (Å²) in [5.74, 6) is -0.897. The summed E-state index contributed by atoms with van der Waals surface area (Å²) in [7, 11) is 0. The highest BCUT2D eigenvalue weighted by Gasteiger charge is 2.36. The van der Waals surface area contributed by atoms with Gasteiger partial charge in [0.05, 0.1) is 17.3 Å². The zero-order valence-electron chi connectivity index (χ0n) is 22.4. The quantitative estimate of drug-likeness (QED) is 0.522. The lowest BCUT2D eigenvalue weighted by molar-refractivity contribution is -0.139. The van der Waals surface area contributed by atoms with E-state index in [0.29, 0.717) is 31.7 Å². The van der Waals surface area contributed by atoms with E-state index in [-0.39, 0.29) is 48.8 Å². The molecule has 0 radical (unpaired) electrons. The van der Waals surface area contributed by atoms with Crippen molar-refractivity contribution in [3.63, 3.8) is 0 Å². The third-order valence-corrected chi connectivity index (χ3v) is 7.12. The van der Waals surface area contributed by atoms with Crippen LogP contribution in [0.25, 0.3) is 0 Å². The fraction of sp³-hybridized carbons (Fsp3) is 0.500. The van der Waals surface area contributed by atoms with Crippen LogP contribution >= 0.6 is 0 Å². The number of fused-ring (bicyclic) bond motifs is 2. The van der Waals surface area contributed by atoms with Crippen LogP contribution in [0.2, 0.25) is 0 Å². The summed E-state index contributed by atoms with van der Waals surface area (Å²) in [6.45, 7) is 4.88. The highest BCUT2D eigenvalue weighted by Crippen LogP contribution is 2.22. The Kier molecular flexibility index (Phi) is 9.45. The number of nitrogens with one attached hydrogen (secondary N) is 3. The molecular formula is C28H36N6O5. The number of amides is 4.